The molecule has 1 aliphatic rings. The molecule has 2 aromatic carbocycles. The second-order valence-corrected chi connectivity index (χ2v) is 8.65. The first-order chi connectivity index (χ1) is 13.5. The fraction of sp³-hybridized carbons (Fsp3) is 0.381. The van der Waals surface area contributed by atoms with Gasteiger partial charge in [-0.15, -0.1) is 0 Å². The van der Waals surface area contributed by atoms with Crippen LogP contribution in [0.1, 0.15) is 35.9 Å². The van der Waals surface area contributed by atoms with Gasteiger partial charge in [-0.1, -0.05) is 60.7 Å². The average molecular weight is 403 g/mol. The van der Waals surface area contributed by atoms with Crippen LogP contribution in [-0.2, 0) is 18.5 Å². The van der Waals surface area contributed by atoms with Crippen molar-refractivity contribution in [3.63, 3.8) is 0 Å². The summed E-state index contributed by atoms with van der Waals surface area (Å²) in [5.41, 5.74) is 1.38. The molecule has 1 saturated heterocycles. The van der Waals surface area contributed by atoms with Gasteiger partial charge in [-0.3, -0.25) is 14.2 Å². The van der Waals surface area contributed by atoms with E-state index in [1.165, 1.54) is 5.06 Å². The maximum Gasteiger partial charge on any atom is 0.350 e. The summed E-state index contributed by atoms with van der Waals surface area (Å²) in [5, 5.41) is 1.47. The molecule has 7 heteroatoms. The van der Waals surface area contributed by atoms with E-state index in [0.29, 0.717) is 5.56 Å². The maximum absolute atomic E-state index is 13.6. The molecule has 1 aliphatic heterocycles. The Hall–Kier alpha value is -1.82. The monoisotopic (exact) mass is 403 g/mol. The van der Waals surface area contributed by atoms with Gasteiger partial charge in [-0.25, -0.2) is 0 Å². The van der Waals surface area contributed by atoms with Crippen LogP contribution in [0.15, 0.2) is 60.7 Å². The lowest BCUT2D eigenvalue weighted by molar-refractivity contribution is -0.137. The summed E-state index contributed by atoms with van der Waals surface area (Å²) in [5.74, 6) is -1.73. The van der Waals surface area contributed by atoms with Crippen molar-refractivity contribution in [2.75, 3.05) is 20.3 Å². The van der Waals surface area contributed by atoms with E-state index in [0.717, 1.165) is 5.56 Å². The van der Waals surface area contributed by atoms with Gasteiger partial charge in [-0.2, -0.15) is 5.06 Å². The topological polar surface area (TPSA) is 65.1 Å². The van der Waals surface area contributed by atoms with E-state index in [1.54, 1.807) is 33.0 Å². The Bertz CT molecular complexity index is 819. The van der Waals surface area contributed by atoms with Gasteiger partial charge in [0.15, 0.2) is 5.78 Å². The highest BCUT2D eigenvalue weighted by Crippen LogP contribution is 2.61. The molecule has 1 fully saturated rings. The fourth-order valence-electron chi connectivity index (χ4n) is 3.61. The van der Waals surface area contributed by atoms with E-state index < -0.39 is 25.4 Å². The molecule has 150 valence electrons. The van der Waals surface area contributed by atoms with Crippen molar-refractivity contribution in [1.29, 1.82) is 0 Å². The Morgan fingerprint density at radius 2 is 1.54 bits per heavy atom. The number of hydrogen-bond donors (Lipinski definition) is 0. The number of hydrogen-bond acceptors (Lipinski definition) is 6. The summed E-state index contributed by atoms with van der Waals surface area (Å²) in [7, 11) is -1.96. The lowest BCUT2D eigenvalue weighted by Crippen LogP contribution is -2.35. The molecule has 0 unspecified atom stereocenters. The molecule has 3 atom stereocenters. The first-order valence-electron chi connectivity index (χ1n) is 9.44. The third-order valence-electron chi connectivity index (χ3n) is 4.73. The standard InChI is InChI=1S/C21H26NO5P/c1-4-25-28(24,26-5-2)21-18(19(23)16-12-8-6-9-13-16)20(27-22(21)3)17-14-10-7-11-15-17/h6-15,18,20-21H,4-5H2,1-3H3/t18-,20-,21-/m1/s1. The van der Waals surface area contributed by atoms with Gasteiger partial charge in [0.05, 0.1) is 19.1 Å². The molecule has 0 amide bonds. The van der Waals surface area contributed by atoms with Gasteiger partial charge < -0.3 is 9.05 Å². The van der Waals surface area contributed by atoms with Crippen molar-refractivity contribution in [3.05, 3.63) is 71.8 Å². The number of benzene rings is 2. The van der Waals surface area contributed by atoms with Crippen LogP contribution in [0.25, 0.3) is 0 Å². The number of nitrogens with zero attached hydrogens (tertiary/aromatic N) is 1. The van der Waals surface area contributed by atoms with Gasteiger partial charge in [0.25, 0.3) is 0 Å². The van der Waals surface area contributed by atoms with Crippen LogP contribution in [0.2, 0.25) is 0 Å². The summed E-state index contributed by atoms with van der Waals surface area (Å²) in [6.07, 6.45) is -0.585. The number of hydroxylamine groups is 2. The van der Waals surface area contributed by atoms with Crippen LogP contribution >= 0.6 is 7.60 Å². The highest BCUT2D eigenvalue weighted by molar-refractivity contribution is 7.54. The molecule has 0 radical (unpaired) electrons. The van der Waals surface area contributed by atoms with Gasteiger partial charge >= 0.3 is 7.60 Å². The van der Waals surface area contributed by atoms with Gasteiger partial charge in [-0.05, 0) is 19.4 Å². The Morgan fingerprint density at radius 3 is 2.07 bits per heavy atom. The molecule has 3 rings (SSSR count). The van der Waals surface area contributed by atoms with Crippen LogP contribution in [0, 0.1) is 5.92 Å². The summed E-state index contributed by atoms with van der Waals surface area (Å²) in [4.78, 5) is 19.5. The second kappa shape index (κ2) is 9.12. The normalized spacial score (nSPS) is 23.0. The minimum Gasteiger partial charge on any atom is -0.308 e. The van der Waals surface area contributed by atoms with Crippen molar-refractivity contribution in [2.24, 2.45) is 5.92 Å². The molecule has 28 heavy (non-hydrogen) atoms. The molecule has 0 saturated carbocycles. The zero-order chi connectivity index (χ0) is 20.1. The van der Waals surface area contributed by atoms with Gasteiger partial charge in [0, 0.05) is 12.6 Å². The number of carbonyl (C=O) groups excluding carboxylic acids is 1. The fourth-order valence-corrected chi connectivity index (χ4v) is 5.85. The molecular weight excluding hydrogens is 377 g/mol. The third-order valence-corrected chi connectivity index (χ3v) is 7.26. The number of ketones is 1. The molecule has 0 bridgehead atoms. The Labute approximate surface area is 165 Å². The molecule has 2 aromatic rings. The zero-order valence-electron chi connectivity index (χ0n) is 16.4. The Morgan fingerprint density at radius 1 is 1.00 bits per heavy atom. The van der Waals surface area contributed by atoms with E-state index in [1.807, 2.05) is 48.5 Å². The van der Waals surface area contributed by atoms with E-state index in [2.05, 4.69) is 0 Å². The highest BCUT2D eigenvalue weighted by atomic mass is 31.2. The molecular formula is C21H26NO5P. The van der Waals surface area contributed by atoms with Crippen LogP contribution in [-0.4, -0.2) is 36.9 Å². The van der Waals surface area contributed by atoms with Gasteiger partial charge in [0.2, 0.25) is 0 Å². The van der Waals surface area contributed by atoms with Crippen LogP contribution in [0.5, 0.6) is 0 Å². The first-order valence-corrected chi connectivity index (χ1v) is 11.1. The lowest BCUT2D eigenvalue weighted by Gasteiger charge is -2.29. The molecule has 0 N–H and O–H groups in total. The highest BCUT2D eigenvalue weighted by Gasteiger charge is 2.56. The summed E-state index contributed by atoms with van der Waals surface area (Å²) < 4.78 is 24.8. The second-order valence-electron chi connectivity index (χ2n) is 6.53. The Balaban J connectivity index is 2.08. The molecule has 0 aliphatic carbocycles. The van der Waals surface area contributed by atoms with Crippen molar-refractivity contribution in [1.82, 2.24) is 5.06 Å². The van der Waals surface area contributed by atoms with Crippen molar-refractivity contribution in [2.45, 2.75) is 25.7 Å². The molecule has 0 aromatic heterocycles. The average Bonchev–Trinajstić information content (AvgIpc) is 3.07. The number of Topliss-reactive ketones (excluding diaryl/α,β-unsaturated/α-hetero) is 1. The smallest absolute Gasteiger partial charge is 0.308 e. The maximum atomic E-state index is 13.6. The van der Waals surface area contributed by atoms with Crippen molar-refractivity contribution < 1.29 is 23.2 Å². The minimum absolute atomic E-state index is 0.150. The molecule has 0 spiro atoms. The van der Waals surface area contributed by atoms with Gasteiger partial charge in [0.1, 0.15) is 11.9 Å². The van der Waals surface area contributed by atoms with Crippen LogP contribution in [0.4, 0.5) is 0 Å². The number of rotatable bonds is 8. The van der Waals surface area contributed by atoms with E-state index >= 15 is 0 Å². The molecule has 6 nitrogen and oxygen atoms in total. The SMILES string of the molecule is CCOP(=O)(OCC)[C@@H]1[C@H](C(=O)c2ccccc2)[C@@H](c2ccccc2)ON1C. The quantitative estimate of drug-likeness (QED) is 0.470. The predicted octanol–water partition coefficient (Wildman–Crippen LogP) is 4.70. The first kappa shape index (κ1) is 20.9. The lowest BCUT2D eigenvalue weighted by atomic mass is 9.89. The van der Waals surface area contributed by atoms with E-state index in [4.69, 9.17) is 13.9 Å². The zero-order valence-corrected chi connectivity index (χ0v) is 17.2. The Kier molecular flexibility index (Phi) is 6.81. The van der Waals surface area contributed by atoms with E-state index in [9.17, 15) is 9.36 Å². The van der Waals surface area contributed by atoms with E-state index in [-0.39, 0.29) is 19.0 Å². The molecule has 1 heterocycles. The van der Waals surface area contributed by atoms with Crippen LogP contribution < -0.4 is 0 Å². The minimum atomic E-state index is -3.63. The number of carbonyl (C=O) groups is 1. The summed E-state index contributed by atoms with van der Waals surface area (Å²) >= 11 is 0. The summed E-state index contributed by atoms with van der Waals surface area (Å²) in [6, 6.07) is 18.5. The third kappa shape index (κ3) is 4.12. The summed E-state index contributed by atoms with van der Waals surface area (Å²) in [6.45, 7) is 3.93. The van der Waals surface area contributed by atoms with Crippen molar-refractivity contribution >= 4 is 13.4 Å². The largest absolute Gasteiger partial charge is 0.350 e. The van der Waals surface area contributed by atoms with Crippen LogP contribution in [0.3, 0.4) is 0 Å². The predicted molar refractivity (Wildman–Crippen MR) is 107 cm³/mol. The van der Waals surface area contributed by atoms with Crippen molar-refractivity contribution in [3.8, 4) is 0 Å².